The van der Waals surface area contributed by atoms with Crippen molar-refractivity contribution in [3.8, 4) is 0 Å². The molecule has 0 aliphatic rings. The van der Waals surface area contributed by atoms with E-state index in [1.165, 1.54) is 0 Å². The third kappa shape index (κ3) is 6.35. The molecule has 1 atom stereocenters. The Bertz CT molecular complexity index is 212. The highest BCUT2D eigenvalue weighted by atomic mass is 32.2. The van der Waals surface area contributed by atoms with E-state index in [0.29, 0.717) is 13.0 Å². The molecule has 0 heterocycles. The molecule has 0 spiro atoms. The molecule has 0 aromatic heterocycles. The van der Waals surface area contributed by atoms with Crippen LogP contribution in [0.2, 0.25) is 0 Å². The van der Waals surface area contributed by atoms with Crippen molar-refractivity contribution in [1.82, 2.24) is 5.32 Å². The zero-order valence-corrected chi connectivity index (χ0v) is 10.1. The van der Waals surface area contributed by atoms with E-state index in [1.807, 2.05) is 6.26 Å². The third-order valence-corrected chi connectivity index (χ3v) is 2.39. The van der Waals surface area contributed by atoms with Crippen molar-refractivity contribution in [1.29, 1.82) is 0 Å². The van der Waals surface area contributed by atoms with E-state index in [0.717, 1.165) is 5.75 Å². The second kappa shape index (κ2) is 8.55. The molecule has 6 heteroatoms. The summed E-state index contributed by atoms with van der Waals surface area (Å²) in [5.74, 6) is 0.212. The molecule has 88 valence electrons. The average Bonchev–Trinajstić information content (AvgIpc) is 2.24. The number of rotatable bonds is 7. The number of nitrogens with one attached hydrogen (secondary N) is 1. The third-order valence-electron chi connectivity index (χ3n) is 1.74. The molecule has 0 bridgehead atoms. The number of quaternary nitrogens is 1. The maximum atomic E-state index is 11.4. The summed E-state index contributed by atoms with van der Waals surface area (Å²) in [6, 6.07) is -0.536. The van der Waals surface area contributed by atoms with E-state index in [2.05, 4.69) is 11.1 Å². The predicted molar refractivity (Wildman–Crippen MR) is 59.3 cm³/mol. The predicted octanol–water partition coefficient (Wildman–Crippen LogP) is -0.971. The number of thioether (sulfide) groups is 1. The molecule has 1 amide bonds. The van der Waals surface area contributed by atoms with Crippen LogP contribution in [0.4, 0.5) is 0 Å². The lowest BCUT2D eigenvalue weighted by atomic mass is 10.2. The number of carbonyl (C=O) groups excluding carboxylic acids is 2. The van der Waals surface area contributed by atoms with Crippen LogP contribution in [0.3, 0.4) is 0 Å². The lowest BCUT2D eigenvalue weighted by Gasteiger charge is -2.15. The monoisotopic (exact) mass is 235 g/mol. The Morgan fingerprint density at radius 2 is 2.20 bits per heavy atom. The SMILES string of the molecule is CCOC(=O)[C@H](CCSC)NC(=O)C[NH3+]. The van der Waals surface area contributed by atoms with Crippen LogP contribution in [0, 0.1) is 0 Å². The maximum absolute atomic E-state index is 11.4. The molecule has 0 aromatic rings. The van der Waals surface area contributed by atoms with Crippen LogP contribution in [0.25, 0.3) is 0 Å². The molecule has 0 unspecified atom stereocenters. The van der Waals surface area contributed by atoms with Crippen molar-refractivity contribution >= 4 is 23.6 Å². The van der Waals surface area contributed by atoms with Crippen LogP contribution in [0.1, 0.15) is 13.3 Å². The van der Waals surface area contributed by atoms with Crippen molar-refractivity contribution < 1.29 is 20.1 Å². The molecular weight excluding hydrogens is 216 g/mol. The van der Waals surface area contributed by atoms with Gasteiger partial charge in [-0.25, -0.2) is 4.79 Å². The van der Waals surface area contributed by atoms with Crippen molar-refractivity contribution in [2.75, 3.05) is 25.2 Å². The van der Waals surface area contributed by atoms with Crippen molar-refractivity contribution in [2.24, 2.45) is 0 Å². The number of hydrogen-bond acceptors (Lipinski definition) is 4. The number of carbonyl (C=O) groups is 2. The summed E-state index contributed by atoms with van der Waals surface area (Å²) in [4.78, 5) is 22.5. The van der Waals surface area contributed by atoms with E-state index in [1.54, 1.807) is 18.7 Å². The fourth-order valence-corrected chi connectivity index (χ4v) is 1.47. The van der Waals surface area contributed by atoms with Crippen molar-refractivity contribution in [2.45, 2.75) is 19.4 Å². The molecule has 0 saturated carbocycles. The van der Waals surface area contributed by atoms with Crippen molar-refractivity contribution in [3.05, 3.63) is 0 Å². The summed E-state index contributed by atoms with van der Waals surface area (Å²) in [5.41, 5.74) is 3.45. The Hall–Kier alpha value is -0.750. The van der Waals surface area contributed by atoms with Crippen LogP contribution >= 0.6 is 11.8 Å². The summed E-state index contributed by atoms with van der Waals surface area (Å²) in [6.07, 6.45) is 2.54. The van der Waals surface area contributed by atoms with Gasteiger partial charge in [0.2, 0.25) is 0 Å². The molecule has 0 aromatic carbocycles. The minimum atomic E-state index is -0.536. The smallest absolute Gasteiger partial charge is 0.328 e. The second-order valence-corrected chi connectivity index (χ2v) is 3.89. The summed E-state index contributed by atoms with van der Waals surface area (Å²) in [6.45, 7) is 2.21. The molecule has 0 saturated heterocycles. The van der Waals surface area contributed by atoms with Crippen LogP contribution in [-0.2, 0) is 14.3 Å². The average molecular weight is 235 g/mol. The Kier molecular flexibility index (Phi) is 8.12. The van der Waals surface area contributed by atoms with E-state index < -0.39 is 6.04 Å². The Balaban J connectivity index is 4.16. The first kappa shape index (κ1) is 14.2. The fraction of sp³-hybridized carbons (Fsp3) is 0.778. The molecule has 15 heavy (non-hydrogen) atoms. The molecule has 0 aliphatic heterocycles. The summed E-state index contributed by atoms with van der Waals surface area (Å²) in [7, 11) is 0. The zero-order valence-electron chi connectivity index (χ0n) is 9.25. The van der Waals surface area contributed by atoms with Gasteiger partial charge >= 0.3 is 5.97 Å². The molecule has 0 fully saturated rings. The number of hydrogen-bond donors (Lipinski definition) is 2. The molecule has 5 nitrogen and oxygen atoms in total. The van der Waals surface area contributed by atoms with E-state index in [-0.39, 0.29) is 18.4 Å². The van der Waals surface area contributed by atoms with Gasteiger partial charge in [-0.2, -0.15) is 11.8 Å². The lowest BCUT2D eigenvalue weighted by Crippen LogP contribution is -2.59. The summed E-state index contributed by atoms with van der Waals surface area (Å²) in [5, 5.41) is 2.60. The van der Waals surface area contributed by atoms with E-state index in [9.17, 15) is 9.59 Å². The molecule has 0 rings (SSSR count). The quantitative estimate of drug-likeness (QED) is 0.556. The first-order valence-electron chi connectivity index (χ1n) is 4.89. The maximum Gasteiger partial charge on any atom is 0.328 e. The van der Waals surface area contributed by atoms with Gasteiger partial charge in [0.1, 0.15) is 6.04 Å². The number of amides is 1. The first-order chi connectivity index (χ1) is 7.15. The molecule has 0 aliphatic carbocycles. The number of ether oxygens (including phenoxy) is 1. The standard InChI is InChI=1S/C9H18N2O3S/c1-3-14-9(13)7(4-5-15-2)11-8(12)6-10/h7H,3-6,10H2,1-2H3,(H,11,12)/p+1/t7-/m0/s1. The molecule has 0 radical (unpaired) electrons. The van der Waals surface area contributed by atoms with Gasteiger partial charge in [-0.1, -0.05) is 0 Å². The summed E-state index contributed by atoms with van der Waals surface area (Å²) < 4.78 is 4.86. The van der Waals surface area contributed by atoms with E-state index in [4.69, 9.17) is 4.74 Å². The zero-order chi connectivity index (χ0) is 11.7. The minimum absolute atomic E-state index is 0.134. The minimum Gasteiger partial charge on any atom is -0.464 e. The lowest BCUT2D eigenvalue weighted by molar-refractivity contribution is -0.355. The molecular formula is C9H19N2O3S+. The van der Waals surface area contributed by atoms with Crippen LogP contribution < -0.4 is 11.1 Å². The number of esters is 1. The largest absolute Gasteiger partial charge is 0.464 e. The topological polar surface area (TPSA) is 83.0 Å². The van der Waals surface area contributed by atoms with Gasteiger partial charge in [-0.3, -0.25) is 4.79 Å². The Morgan fingerprint density at radius 1 is 1.53 bits per heavy atom. The van der Waals surface area contributed by atoms with Gasteiger partial charge in [-0.05, 0) is 25.4 Å². The van der Waals surface area contributed by atoms with Crippen molar-refractivity contribution in [3.63, 3.8) is 0 Å². The second-order valence-electron chi connectivity index (χ2n) is 2.90. The normalized spacial score (nSPS) is 11.9. The van der Waals surface area contributed by atoms with Gasteiger partial charge in [-0.15, -0.1) is 0 Å². The van der Waals surface area contributed by atoms with E-state index >= 15 is 0 Å². The Labute approximate surface area is 94.1 Å². The van der Waals surface area contributed by atoms with Gasteiger partial charge in [0.25, 0.3) is 5.91 Å². The molecule has 4 N–H and O–H groups in total. The fourth-order valence-electron chi connectivity index (χ4n) is 0.994. The summed E-state index contributed by atoms with van der Waals surface area (Å²) >= 11 is 1.63. The highest BCUT2D eigenvalue weighted by molar-refractivity contribution is 7.98. The van der Waals surface area contributed by atoms with Gasteiger partial charge in [0.05, 0.1) is 6.61 Å². The van der Waals surface area contributed by atoms with Gasteiger partial charge in [0.15, 0.2) is 6.54 Å². The Morgan fingerprint density at radius 3 is 2.67 bits per heavy atom. The van der Waals surface area contributed by atoms with Gasteiger partial charge in [0, 0.05) is 0 Å². The highest BCUT2D eigenvalue weighted by Gasteiger charge is 2.21. The first-order valence-corrected chi connectivity index (χ1v) is 6.29. The van der Waals surface area contributed by atoms with Gasteiger partial charge < -0.3 is 15.8 Å². The van der Waals surface area contributed by atoms with Crippen LogP contribution in [-0.4, -0.2) is 43.1 Å². The van der Waals surface area contributed by atoms with Crippen LogP contribution in [0.15, 0.2) is 0 Å². The van der Waals surface area contributed by atoms with Crippen LogP contribution in [0.5, 0.6) is 0 Å². The highest BCUT2D eigenvalue weighted by Crippen LogP contribution is 2.02.